The monoisotopic (exact) mass is 437 g/mol. The van der Waals surface area contributed by atoms with E-state index in [4.69, 9.17) is 4.74 Å². The molecule has 2 saturated heterocycles. The number of carbonyl (C=O) groups is 1. The van der Waals surface area contributed by atoms with Gasteiger partial charge in [-0.15, -0.1) is 0 Å². The summed E-state index contributed by atoms with van der Waals surface area (Å²) in [5, 5.41) is 5.79. The molecule has 2 unspecified atom stereocenters. The lowest BCUT2D eigenvalue weighted by atomic mass is 10.1. The number of ether oxygens (including phenoxy) is 1. The van der Waals surface area contributed by atoms with Crippen LogP contribution >= 0.6 is 0 Å². The fraction of sp³-hybridized carbons (Fsp3) is 0.480. The molecule has 2 heterocycles. The predicted octanol–water partition coefficient (Wildman–Crippen LogP) is 3.94. The van der Waals surface area contributed by atoms with Gasteiger partial charge in [0.25, 0.3) is 0 Å². The zero-order valence-electron chi connectivity index (χ0n) is 19.4. The van der Waals surface area contributed by atoms with Crippen molar-refractivity contribution in [3.05, 3.63) is 48.5 Å². The van der Waals surface area contributed by atoms with E-state index in [0.29, 0.717) is 6.04 Å². The molecule has 7 nitrogen and oxygen atoms in total. The van der Waals surface area contributed by atoms with Crippen LogP contribution in [0.5, 0.6) is 5.75 Å². The first kappa shape index (κ1) is 22.4. The third-order valence-electron chi connectivity index (χ3n) is 6.38. The number of piperidine rings is 1. The number of hydrogen-bond donors (Lipinski definition) is 2. The van der Waals surface area contributed by atoms with Crippen LogP contribution in [0.25, 0.3) is 0 Å². The topological polar surface area (TPSA) is 60.1 Å². The number of benzene rings is 2. The molecule has 2 aliphatic rings. The minimum absolute atomic E-state index is 0.230. The van der Waals surface area contributed by atoms with E-state index >= 15 is 0 Å². The standard InChI is InChI=1S/C25H35N5O2/c1-28(2)22-14-16-30(17-22)21-10-6-19(7-11-21)26-25(31)27-20-8-12-23(13-9-20)32-24-5-4-15-29(3)18-24/h6-13,22,24H,4-5,14-18H2,1-3H3,(H2,26,27,31). The van der Waals surface area contributed by atoms with E-state index in [-0.39, 0.29) is 12.1 Å². The molecule has 2 amide bonds. The molecular formula is C25H35N5O2. The maximum absolute atomic E-state index is 12.4. The molecule has 0 aromatic heterocycles. The summed E-state index contributed by atoms with van der Waals surface area (Å²) in [6, 6.07) is 16.0. The summed E-state index contributed by atoms with van der Waals surface area (Å²) in [5.41, 5.74) is 2.70. The second-order valence-electron chi connectivity index (χ2n) is 9.15. The third-order valence-corrected chi connectivity index (χ3v) is 6.38. The number of likely N-dealkylation sites (tertiary alicyclic amines) is 1. The van der Waals surface area contributed by atoms with Crippen LogP contribution < -0.4 is 20.3 Å². The molecule has 172 valence electrons. The smallest absolute Gasteiger partial charge is 0.323 e. The number of amides is 2. The molecule has 2 N–H and O–H groups in total. The molecule has 2 fully saturated rings. The molecule has 2 aliphatic heterocycles. The van der Waals surface area contributed by atoms with Crippen LogP contribution in [0.15, 0.2) is 48.5 Å². The van der Waals surface area contributed by atoms with Gasteiger partial charge in [0, 0.05) is 42.7 Å². The molecular weight excluding hydrogens is 402 g/mol. The van der Waals surface area contributed by atoms with Gasteiger partial charge in [-0.1, -0.05) is 0 Å². The highest BCUT2D eigenvalue weighted by atomic mass is 16.5. The second-order valence-corrected chi connectivity index (χ2v) is 9.15. The number of nitrogens with zero attached hydrogens (tertiary/aromatic N) is 3. The average molecular weight is 438 g/mol. The summed E-state index contributed by atoms with van der Waals surface area (Å²) in [6.45, 7) is 4.19. The first-order chi connectivity index (χ1) is 15.5. The lowest BCUT2D eigenvalue weighted by molar-refractivity contribution is 0.104. The Morgan fingerprint density at radius 3 is 2.19 bits per heavy atom. The van der Waals surface area contributed by atoms with Gasteiger partial charge in [-0.05, 0) is 95.5 Å². The van der Waals surface area contributed by atoms with Crippen LogP contribution in [0, 0.1) is 0 Å². The minimum Gasteiger partial charge on any atom is -0.489 e. The van der Waals surface area contributed by atoms with Crippen molar-refractivity contribution in [1.29, 1.82) is 0 Å². The maximum atomic E-state index is 12.4. The number of urea groups is 1. The van der Waals surface area contributed by atoms with E-state index in [2.05, 4.69) is 58.6 Å². The van der Waals surface area contributed by atoms with Gasteiger partial charge < -0.3 is 30.1 Å². The van der Waals surface area contributed by atoms with Gasteiger partial charge in [0.05, 0.1) is 0 Å². The van der Waals surface area contributed by atoms with Gasteiger partial charge in [-0.3, -0.25) is 0 Å². The first-order valence-corrected chi connectivity index (χ1v) is 11.5. The predicted molar refractivity (Wildman–Crippen MR) is 131 cm³/mol. The number of nitrogens with one attached hydrogen (secondary N) is 2. The van der Waals surface area contributed by atoms with Crippen molar-refractivity contribution >= 4 is 23.1 Å². The molecule has 2 aromatic carbocycles. The summed E-state index contributed by atoms with van der Waals surface area (Å²) in [4.78, 5) is 19.4. The average Bonchev–Trinajstić information content (AvgIpc) is 3.26. The summed E-state index contributed by atoms with van der Waals surface area (Å²) >= 11 is 0. The number of rotatable bonds is 6. The number of likely N-dealkylation sites (N-methyl/N-ethyl adjacent to an activating group) is 2. The highest BCUT2D eigenvalue weighted by molar-refractivity contribution is 5.99. The molecule has 2 atom stereocenters. The van der Waals surface area contributed by atoms with Crippen molar-refractivity contribution in [3.8, 4) is 5.75 Å². The van der Waals surface area contributed by atoms with E-state index in [1.807, 2.05) is 36.4 Å². The fourth-order valence-corrected chi connectivity index (χ4v) is 4.47. The second kappa shape index (κ2) is 10.2. The normalized spacial score (nSPS) is 21.6. The fourth-order valence-electron chi connectivity index (χ4n) is 4.47. The first-order valence-electron chi connectivity index (χ1n) is 11.5. The van der Waals surface area contributed by atoms with Crippen molar-refractivity contribution in [2.24, 2.45) is 0 Å². The van der Waals surface area contributed by atoms with E-state index < -0.39 is 0 Å². The van der Waals surface area contributed by atoms with Gasteiger partial charge in [0.15, 0.2) is 0 Å². The largest absolute Gasteiger partial charge is 0.489 e. The van der Waals surface area contributed by atoms with Crippen LogP contribution in [0.4, 0.5) is 21.9 Å². The Hall–Kier alpha value is -2.77. The van der Waals surface area contributed by atoms with Gasteiger partial charge in [-0.2, -0.15) is 0 Å². The Bertz CT molecular complexity index is 884. The van der Waals surface area contributed by atoms with Crippen molar-refractivity contribution in [1.82, 2.24) is 9.80 Å². The van der Waals surface area contributed by atoms with Crippen molar-refractivity contribution in [2.45, 2.75) is 31.4 Å². The van der Waals surface area contributed by atoms with E-state index in [1.165, 1.54) is 12.1 Å². The van der Waals surface area contributed by atoms with E-state index in [1.54, 1.807) is 0 Å². The summed E-state index contributed by atoms with van der Waals surface area (Å²) in [7, 11) is 6.40. The van der Waals surface area contributed by atoms with Gasteiger partial charge in [-0.25, -0.2) is 4.79 Å². The molecule has 0 aliphatic carbocycles. The van der Waals surface area contributed by atoms with Crippen molar-refractivity contribution < 1.29 is 9.53 Å². The number of hydrogen-bond acceptors (Lipinski definition) is 5. The van der Waals surface area contributed by atoms with E-state index in [9.17, 15) is 4.79 Å². The highest BCUT2D eigenvalue weighted by Gasteiger charge is 2.24. The Morgan fingerprint density at radius 1 is 0.938 bits per heavy atom. The van der Waals surface area contributed by atoms with Crippen LogP contribution in [0.3, 0.4) is 0 Å². The third kappa shape index (κ3) is 5.93. The minimum atomic E-state index is -0.255. The highest BCUT2D eigenvalue weighted by Crippen LogP contribution is 2.24. The lowest BCUT2D eigenvalue weighted by Gasteiger charge is -2.30. The zero-order chi connectivity index (χ0) is 22.5. The molecule has 7 heteroatoms. The Labute approximate surface area is 191 Å². The molecule has 0 bridgehead atoms. The Balaban J connectivity index is 1.25. The van der Waals surface area contributed by atoms with Gasteiger partial charge in [0.2, 0.25) is 0 Å². The zero-order valence-corrected chi connectivity index (χ0v) is 19.4. The Morgan fingerprint density at radius 2 is 1.59 bits per heavy atom. The SMILES string of the molecule is CN1CCCC(Oc2ccc(NC(=O)Nc3ccc(N4CCC(N(C)C)C4)cc3)cc2)C1. The van der Waals surface area contributed by atoms with E-state index in [0.717, 1.165) is 56.1 Å². The lowest BCUT2D eigenvalue weighted by Crippen LogP contribution is -2.38. The van der Waals surface area contributed by atoms with Gasteiger partial charge >= 0.3 is 6.03 Å². The molecule has 32 heavy (non-hydrogen) atoms. The van der Waals surface area contributed by atoms with Crippen LogP contribution in [-0.4, -0.2) is 75.3 Å². The van der Waals surface area contributed by atoms with Crippen LogP contribution in [0.1, 0.15) is 19.3 Å². The van der Waals surface area contributed by atoms with Crippen LogP contribution in [0.2, 0.25) is 0 Å². The molecule has 4 rings (SSSR count). The number of anilines is 3. The number of carbonyl (C=O) groups excluding carboxylic acids is 1. The van der Waals surface area contributed by atoms with Crippen molar-refractivity contribution in [3.63, 3.8) is 0 Å². The molecule has 0 radical (unpaired) electrons. The van der Waals surface area contributed by atoms with Gasteiger partial charge in [0.1, 0.15) is 11.9 Å². The summed E-state index contributed by atoms with van der Waals surface area (Å²) in [6.07, 6.45) is 3.65. The van der Waals surface area contributed by atoms with Crippen LogP contribution in [-0.2, 0) is 0 Å². The quantitative estimate of drug-likeness (QED) is 0.717. The Kier molecular flexibility index (Phi) is 7.17. The molecule has 0 spiro atoms. The molecule has 2 aromatic rings. The maximum Gasteiger partial charge on any atom is 0.323 e. The summed E-state index contributed by atoms with van der Waals surface area (Å²) < 4.78 is 6.08. The van der Waals surface area contributed by atoms with Crippen molar-refractivity contribution in [2.75, 3.05) is 62.9 Å². The summed E-state index contributed by atoms with van der Waals surface area (Å²) in [5.74, 6) is 0.838. The molecule has 0 saturated carbocycles.